The zero-order chi connectivity index (χ0) is 9.19. The fraction of sp³-hybridized carbons (Fsp3) is 1.00. The molecular weight excluding hydrogens is 150 g/mol. The molecule has 1 aliphatic rings. The van der Waals surface area contributed by atoms with Gasteiger partial charge in [-0.1, -0.05) is 20.8 Å². The molecule has 0 bridgehead atoms. The minimum atomic E-state index is 0.0473. The van der Waals surface area contributed by atoms with Gasteiger partial charge in [0.1, 0.15) is 0 Å². The monoisotopic (exact) mass is 171 g/mol. The molecule has 0 aromatic rings. The van der Waals surface area contributed by atoms with Crippen molar-refractivity contribution in [3.8, 4) is 0 Å². The second-order valence-corrected chi connectivity index (χ2v) is 4.26. The summed E-state index contributed by atoms with van der Waals surface area (Å²) in [5, 5.41) is 3.52. The van der Waals surface area contributed by atoms with Gasteiger partial charge in [0, 0.05) is 12.6 Å². The third-order valence-corrected chi connectivity index (χ3v) is 3.07. The molecule has 0 radical (unpaired) electrons. The van der Waals surface area contributed by atoms with Gasteiger partial charge in [-0.05, 0) is 19.3 Å². The van der Waals surface area contributed by atoms with E-state index in [0.29, 0.717) is 12.0 Å². The first-order valence-corrected chi connectivity index (χ1v) is 4.96. The largest absolute Gasteiger partial charge is 0.372 e. The molecule has 0 aromatic carbocycles. The Labute approximate surface area is 75.7 Å². The maximum atomic E-state index is 5.87. The number of morpholine rings is 1. The molecule has 1 aliphatic heterocycles. The summed E-state index contributed by atoms with van der Waals surface area (Å²) in [7, 11) is 0. The zero-order valence-electron chi connectivity index (χ0n) is 8.68. The van der Waals surface area contributed by atoms with E-state index in [0.717, 1.165) is 19.6 Å². The van der Waals surface area contributed by atoms with Crippen molar-refractivity contribution in [2.75, 3.05) is 13.2 Å². The zero-order valence-corrected chi connectivity index (χ0v) is 8.68. The molecule has 2 atom stereocenters. The van der Waals surface area contributed by atoms with E-state index in [2.05, 4.69) is 33.0 Å². The van der Waals surface area contributed by atoms with Gasteiger partial charge < -0.3 is 10.1 Å². The Morgan fingerprint density at radius 3 is 2.58 bits per heavy atom. The molecule has 0 aromatic heterocycles. The summed E-state index contributed by atoms with van der Waals surface area (Å²) in [4.78, 5) is 0. The summed E-state index contributed by atoms with van der Waals surface area (Å²) in [6.45, 7) is 10.7. The van der Waals surface area contributed by atoms with Gasteiger partial charge in [0.2, 0.25) is 0 Å². The minimum Gasteiger partial charge on any atom is -0.372 e. The SMILES string of the molecule is CCC1COC(C)(C(C)C)CN1. The standard InChI is InChI=1S/C10H21NO/c1-5-9-6-12-10(4,7-11-9)8(2)3/h8-9,11H,5-7H2,1-4H3. The Balaban J connectivity index is 2.44. The lowest BCUT2D eigenvalue weighted by Gasteiger charge is -2.41. The van der Waals surface area contributed by atoms with Gasteiger partial charge in [0.05, 0.1) is 12.2 Å². The minimum absolute atomic E-state index is 0.0473. The lowest BCUT2D eigenvalue weighted by Crippen LogP contribution is -2.55. The van der Waals surface area contributed by atoms with Crippen LogP contribution in [0.25, 0.3) is 0 Å². The highest BCUT2D eigenvalue weighted by Crippen LogP contribution is 2.24. The Kier molecular flexibility index (Phi) is 3.13. The summed E-state index contributed by atoms with van der Waals surface area (Å²) >= 11 is 0. The maximum Gasteiger partial charge on any atom is 0.0801 e. The summed E-state index contributed by atoms with van der Waals surface area (Å²) < 4.78 is 5.87. The summed E-state index contributed by atoms with van der Waals surface area (Å²) in [6.07, 6.45) is 1.16. The second-order valence-electron chi connectivity index (χ2n) is 4.26. The number of ether oxygens (including phenoxy) is 1. The number of rotatable bonds is 2. The Morgan fingerprint density at radius 2 is 2.25 bits per heavy atom. The molecule has 1 saturated heterocycles. The first-order valence-electron chi connectivity index (χ1n) is 4.96. The van der Waals surface area contributed by atoms with Crippen LogP contribution in [0.2, 0.25) is 0 Å². The Hall–Kier alpha value is -0.0800. The fourth-order valence-corrected chi connectivity index (χ4v) is 1.38. The van der Waals surface area contributed by atoms with Crippen molar-refractivity contribution in [1.29, 1.82) is 0 Å². The number of nitrogens with one attached hydrogen (secondary N) is 1. The van der Waals surface area contributed by atoms with E-state index in [1.807, 2.05) is 0 Å². The van der Waals surface area contributed by atoms with Crippen LogP contribution in [0.5, 0.6) is 0 Å². The van der Waals surface area contributed by atoms with Gasteiger partial charge in [-0.15, -0.1) is 0 Å². The molecule has 12 heavy (non-hydrogen) atoms. The van der Waals surface area contributed by atoms with E-state index in [9.17, 15) is 0 Å². The van der Waals surface area contributed by atoms with Gasteiger partial charge in [-0.25, -0.2) is 0 Å². The maximum absolute atomic E-state index is 5.87. The molecule has 2 unspecified atom stereocenters. The van der Waals surface area contributed by atoms with Crippen LogP contribution in [0, 0.1) is 5.92 Å². The smallest absolute Gasteiger partial charge is 0.0801 e. The lowest BCUT2D eigenvalue weighted by molar-refractivity contribution is -0.0986. The van der Waals surface area contributed by atoms with E-state index >= 15 is 0 Å². The summed E-state index contributed by atoms with van der Waals surface area (Å²) in [5.41, 5.74) is 0.0473. The first kappa shape index (κ1) is 10.0. The molecule has 1 rings (SSSR count). The van der Waals surface area contributed by atoms with E-state index in [1.165, 1.54) is 0 Å². The van der Waals surface area contributed by atoms with Gasteiger partial charge in [0.15, 0.2) is 0 Å². The molecule has 0 spiro atoms. The van der Waals surface area contributed by atoms with Crippen molar-refractivity contribution in [2.24, 2.45) is 5.92 Å². The normalized spacial score (nSPS) is 37.2. The molecule has 2 heteroatoms. The van der Waals surface area contributed by atoms with Crippen LogP contribution in [0.15, 0.2) is 0 Å². The van der Waals surface area contributed by atoms with Crippen molar-refractivity contribution in [3.05, 3.63) is 0 Å². The van der Waals surface area contributed by atoms with Crippen molar-refractivity contribution >= 4 is 0 Å². The van der Waals surface area contributed by atoms with Crippen LogP contribution in [0.4, 0.5) is 0 Å². The second kappa shape index (κ2) is 3.75. The van der Waals surface area contributed by atoms with Gasteiger partial charge in [-0.2, -0.15) is 0 Å². The first-order chi connectivity index (χ1) is 5.58. The predicted molar refractivity (Wildman–Crippen MR) is 51.3 cm³/mol. The van der Waals surface area contributed by atoms with Crippen LogP contribution in [-0.4, -0.2) is 24.8 Å². The molecular formula is C10H21NO. The highest BCUT2D eigenvalue weighted by atomic mass is 16.5. The van der Waals surface area contributed by atoms with Crippen molar-refractivity contribution in [3.63, 3.8) is 0 Å². The molecule has 0 saturated carbocycles. The number of hydrogen-bond acceptors (Lipinski definition) is 2. The van der Waals surface area contributed by atoms with E-state index in [4.69, 9.17) is 4.74 Å². The quantitative estimate of drug-likeness (QED) is 0.684. The van der Waals surface area contributed by atoms with Gasteiger partial charge >= 0.3 is 0 Å². The average molecular weight is 171 g/mol. The molecule has 1 heterocycles. The van der Waals surface area contributed by atoms with Crippen LogP contribution in [-0.2, 0) is 4.74 Å². The fourth-order valence-electron chi connectivity index (χ4n) is 1.38. The van der Waals surface area contributed by atoms with E-state index in [1.54, 1.807) is 0 Å². The van der Waals surface area contributed by atoms with Crippen LogP contribution < -0.4 is 5.32 Å². The van der Waals surface area contributed by atoms with Gasteiger partial charge in [0.25, 0.3) is 0 Å². The molecule has 1 N–H and O–H groups in total. The van der Waals surface area contributed by atoms with E-state index in [-0.39, 0.29) is 5.60 Å². The highest BCUT2D eigenvalue weighted by molar-refractivity contribution is 4.87. The van der Waals surface area contributed by atoms with E-state index < -0.39 is 0 Å². The summed E-state index contributed by atoms with van der Waals surface area (Å²) in [6, 6.07) is 0.567. The average Bonchev–Trinajstić information content (AvgIpc) is 2.06. The third kappa shape index (κ3) is 1.99. The third-order valence-electron chi connectivity index (χ3n) is 3.07. The molecule has 0 amide bonds. The topological polar surface area (TPSA) is 21.3 Å². The van der Waals surface area contributed by atoms with Crippen LogP contribution in [0.1, 0.15) is 34.1 Å². The molecule has 2 nitrogen and oxygen atoms in total. The molecule has 1 fully saturated rings. The van der Waals surface area contributed by atoms with Crippen molar-refractivity contribution in [2.45, 2.75) is 45.8 Å². The Morgan fingerprint density at radius 1 is 1.58 bits per heavy atom. The van der Waals surface area contributed by atoms with Gasteiger partial charge in [-0.3, -0.25) is 0 Å². The Bertz CT molecular complexity index is 137. The molecule has 72 valence electrons. The number of hydrogen-bond donors (Lipinski definition) is 1. The summed E-state index contributed by atoms with van der Waals surface area (Å²) in [5.74, 6) is 0.586. The van der Waals surface area contributed by atoms with Crippen molar-refractivity contribution < 1.29 is 4.74 Å². The molecule has 0 aliphatic carbocycles. The lowest BCUT2D eigenvalue weighted by atomic mass is 9.90. The highest BCUT2D eigenvalue weighted by Gasteiger charge is 2.33. The van der Waals surface area contributed by atoms with Crippen LogP contribution in [0.3, 0.4) is 0 Å². The predicted octanol–water partition coefficient (Wildman–Crippen LogP) is 1.80. The van der Waals surface area contributed by atoms with Crippen LogP contribution >= 0.6 is 0 Å². The van der Waals surface area contributed by atoms with Crippen molar-refractivity contribution in [1.82, 2.24) is 5.32 Å².